The first-order valence-corrected chi connectivity index (χ1v) is 5.20. The van der Waals surface area contributed by atoms with E-state index >= 15 is 0 Å². The van der Waals surface area contributed by atoms with Gasteiger partial charge in [-0.1, -0.05) is 11.6 Å². The maximum atomic E-state index is 6.06. The number of fused-ring (bicyclic) bond motifs is 1. The molecule has 3 nitrogen and oxygen atoms in total. The number of hydrogen-bond donors (Lipinski definition) is 0. The first kappa shape index (κ1) is 8.50. The molecule has 2 aromatic heterocycles. The normalized spacial score (nSPS) is 16.4. The Morgan fingerprint density at radius 1 is 1.36 bits per heavy atom. The molecular weight excluding hydrogens is 221 g/mol. The summed E-state index contributed by atoms with van der Waals surface area (Å²) in [6.45, 7) is 0. The third kappa shape index (κ3) is 1.20. The van der Waals surface area contributed by atoms with Crippen LogP contribution in [0, 0.1) is 0 Å². The van der Waals surface area contributed by atoms with Crippen molar-refractivity contribution in [2.24, 2.45) is 0 Å². The highest BCUT2D eigenvalue weighted by Gasteiger charge is 2.26. The molecule has 2 aromatic rings. The summed E-state index contributed by atoms with van der Waals surface area (Å²) in [5.41, 5.74) is 0.845. The summed E-state index contributed by atoms with van der Waals surface area (Å²) in [6, 6.07) is 0.552. The minimum absolute atomic E-state index is 0.272. The van der Waals surface area contributed by atoms with Gasteiger partial charge in [-0.15, -0.1) is 0 Å². The van der Waals surface area contributed by atoms with Crippen molar-refractivity contribution in [2.75, 3.05) is 0 Å². The second-order valence-electron chi connectivity index (χ2n) is 3.49. The maximum absolute atomic E-state index is 6.06. The van der Waals surface area contributed by atoms with Crippen LogP contribution in [0.1, 0.15) is 18.9 Å². The second-order valence-corrected chi connectivity index (χ2v) is 4.24. The van der Waals surface area contributed by atoms with Crippen molar-refractivity contribution in [1.29, 1.82) is 0 Å². The minimum atomic E-state index is 0.272. The Morgan fingerprint density at radius 3 is 2.86 bits per heavy atom. The predicted octanol–water partition coefficient (Wildman–Crippen LogP) is 3.07. The molecule has 2 heterocycles. The van der Waals surface area contributed by atoms with E-state index in [1.807, 2.05) is 6.20 Å². The molecule has 0 aliphatic heterocycles. The molecule has 14 heavy (non-hydrogen) atoms. The van der Waals surface area contributed by atoms with E-state index in [2.05, 4.69) is 14.5 Å². The van der Waals surface area contributed by atoms with Crippen molar-refractivity contribution in [2.45, 2.75) is 18.9 Å². The van der Waals surface area contributed by atoms with E-state index in [1.54, 1.807) is 6.20 Å². The summed E-state index contributed by atoms with van der Waals surface area (Å²) in [5, 5.41) is 1.85. The molecule has 5 heteroatoms. The molecule has 0 saturated heterocycles. The standard InChI is InChI=1S/C9H7Cl2N3/c10-7-4-14(5-1-2-5)8-6(7)3-12-9(11)13-8/h3-5H,1-2H2. The summed E-state index contributed by atoms with van der Waals surface area (Å²) in [7, 11) is 0. The van der Waals surface area contributed by atoms with Crippen molar-refractivity contribution < 1.29 is 0 Å². The molecule has 0 unspecified atom stereocenters. The zero-order chi connectivity index (χ0) is 9.71. The average molecular weight is 228 g/mol. The molecule has 72 valence electrons. The molecule has 1 aliphatic rings. The molecule has 0 amide bonds. The van der Waals surface area contributed by atoms with Crippen LogP contribution in [-0.2, 0) is 0 Å². The van der Waals surface area contributed by atoms with Gasteiger partial charge in [0, 0.05) is 18.4 Å². The van der Waals surface area contributed by atoms with Crippen molar-refractivity contribution in [3.63, 3.8) is 0 Å². The van der Waals surface area contributed by atoms with Crippen LogP contribution in [0.2, 0.25) is 10.3 Å². The van der Waals surface area contributed by atoms with Gasteiger partial charge < -0.3 is 4.57 Å². The van der Waals surface area contributed by atoms with E-state index in [0.717, 1.165) is 11.0 Å². The SMILES string of the molecule is Clc1ncc2c(Cl)cn(C3CC3)c2n1. The van der Waals surface area contributed by atoms with Crippen LogP contribution in [0.3, 0.4) is 0 Å². The summed E-state index contributed by atoms with van der Waals surface area (Å²) >= 11 is 11.8. The number of rotatable bonds is 1. The van der Waals surface area contributed by atoms with Crippen LogP contribution in [-0.4, -0.2) is 14.5 Å². The van der Waals surface area contributed by atoms with Crippen LogP contribution in [0.5, 0.6) is 0 Å². The Balaban J connectivity index is 2.33. The van der Waals surface area contributed by atoms with Crippen molar-refractivity contribution in [3.8, 4) is 0 Å². The van der Waals surface area contributed by atoms with Gasteiger partial charge in [0.1, 0.15) is 5.65 Å². The van der Waals surface area contributed by atoms with Crippen LogP contribution >= 0.6 is 23.2 Å². The first-order chi connectivity index (χ1) is 6.75. The van der Waals surface area contributed by atoms with Gasteiger partial charge >= 0.3 is 0 Å². The summed E-state index contributed by atoms with van der Waals surface area (Å²) in [4.78, 5) is 8.11. The second kappa shape index (κ2) is 2.84. The van der Waals surface area contributed by atoms with Gasteiger partial charge in [0.25, 0.3) is 0 Å². The monoisotopic (exact) mass is 227 g/mol. The Morgan fingerprint density at radius 2 is 2.14 bits per heavy atom. The van der Waals surface area contributed by atoms with E-state index in [1.165, 1.54) is 12.8 Å². The van der Waals surface area contributed by atoms with Crippen LogP contribution in [0.15, 0.2) is 12.4 Å². The van der Waals surface area contributed by atoms with Gasteiger partial charge in [0.05, 0.1) is 10.4 Å². The average Bonchev–Trinajstić information content (AvgIpc) is 2.93. The highest BCUT2D eigenvalue weighted by molar-refractivity contribution is 6.35. The molecule has 0 N–H and O–H groups in total. The molecular formula is C9H7Cl2N3. The highest BCUT2D eigenvalue weighted by Crippen LogP contribution is 2.39. The first-order valence-electron chi connectivity index (χ1n) is 4.44. The summed E-state index contributed by atoms with van der Waals surface area (Å²) < 4.78 is 2.09. The Labute approximate surface area is 90.7 Å². The number of halogens is 2. The Bertz CT molecular complexity index is 502. The molecule has 0 aromatic carbocycles. The van der Waals surface area contributed by atoms with Gasteiger partial charge in [0.15, 0.2) is 0 Å². The number of hydrogen-bond acceptors (Lipinski definition) is 2. The predicted molar refractivity (Wildman–Crippen MR) is 55.8 cm³/mol. The van der Waals surface area contributed by atoms with Gasteiger partial charge in [-0.3, -0.25) is 0 Å². The molecule has 3 rings (SSSR count). The van der Waals surface area contributed by atoms with Crippen molar-refractivity contribution >= 4 is 34.2 Å². The topological polar surface area (TPSA) is 30.7 Å². The third-order valence-electron chi connectivity index (χ3n) is 2.43. The largest absolute Gasteiger partial charge is 0.328 e. The van der Waals surface area contributed by atoms with Gasteiger partial charge in [-0.25, -0.2) is 4.98 Å². The zero-order valence-electron chi connectivity index (χ0n) is 7.24. The lowest BCUT2D eigenvalue weighted by atomic mass is 10.4. The zero-order valence-corrected chi connectivity index (χ0v) is 8.76. The van der Waals surface area contributed by atoms with E-state index in [0.29, 0.717) is 11.1 Å². The lowest BCUT2D eigenvalue weighted by Crippen LogP contribution is -1.93. The lowest BCUT2D eigenvalue weighted by molar-refractivity contribution is 0.765. The number of nitrogens with zero attached hydrogens (tertiary/aromatic N) is 3. The Kier molecular flexibility index (Phi) is 1.73. The molecule has 0 spiro atoms. The highest BCUT2D eigenvalue weighted by atomic mass is 35.5. The van der Waals surface area contributed by atoms with E-state index in [-0.39, 0.29) is 5.28 Å². The Hall–Kier alpha value is -0.800. The lowest BCUT2D eigenvalue weighted by Gasteiger charge is -1.99. The van der Waals surface area contributed by atoms with Gasteiger partial charge in [0.2, 0.25) is 5.28 Å². The van der Waals surface area contributed by atoms with Gasteiger partial charge in [-0.05, 0) is 24.4 Å². The molecule has 0 bridgehead atoms. The molecule has 0 atom stereocenters. The quantitative estimate of drug-likeness (QED) is 0.702. The molecule has 1 aliphatic carbocycles. The summed E-state index contributed by atoms with van der Waals surface area (Å²) in [5.74, 6) is 0. The smallest absolute Gasteiger partial charge is 0.224 e. The fourth-order valence-corrected chi connectivity index (χ4v) is 1.97. The number of aromatic nitrogens is 3. The fourth-order valence-electron chi connectivity index (χ4n) is 1.60. The van der Waals surface area contributed by atoms with Crippen molar-refractivity contribution in [1.82, 2.24) is 14.5 Å². The van der Waals surface area contributed by atoms with Gasteiger partial charge in [-0.2, -0.15) is 4.98 Å². The maximum Gasteiger partial charge on any atom is 0.224 e. The van der Waals surface area contributed by atoms with E-state index < -0.39 is 0 Å². The van der Waals surface area contributed by atoms with Crippen LogP contribution < -0.4 is 0 Å². The van der Waals surface area contributed by atoms with Crippen molar-refractivity contribution in [3.05, 3.63) is 22.7 Å². The minimum Gasteiger partial charge on any atom is -0.328 e. The van der Waals surface area contributed by atoms with Crippen LogP contribution in [0.4, 0.5) is 0 Å². The molecule has 1 fully saturated rings. The molecule has 0 radical (unpaired) electrons. The third-order valence-corrected chi connectivity index (χ3v) is 2.92. The van der Waals surface area contributed by atoms with E-state index in [9.17, 15) is 0 Å². The van der Waals surface area contributed by atoms with E-state index in [4.69, 9.17) is 23.2 Å². The fraction of sp³-hybridized carbons (Fsp3) is 0.333. The summed E-state index contributed by atoms with van der Waals surface area (Å²) in [6.07, 6.45) is 5.98. The molecule has 1 saturated carbocycles. The van der Waals surface area contributed by atoms with Crippen LogP contribution in [0.25, 0.3) is 11.0 Å².